The highest BCUT2D eigenvalue weighted by Crippen LogP contribution is 2.32. The lowest BCUT2D eigenvalue weighted by molar-refractivity contribution is -0.118. The maximum absolute atomic E-state index is 13.1. The first-order chi connectivity index (χ1) is 15.0. The van der Waals surface area contributed by atoms with Gasteiger partial charge in [0.25, 0.3) is 5.91 Å². The van der Waals surface area contributed by atoms with E-state index in [1.54, 1.807) is 73.8 Å². The molecule has 0 atom stereocenters. The first-order valence-electron chi connectivity index (χ1n) is 9.43. The molecule has 0 saturated heterocycles. The molecule has 31 heavy (non-hydrogen) atoms. The molecule has 0 bridgehead atoms. The monoisotopic (exact) mass is 479 g/mol. The van der Waals surface area contributed by atoms with Crippen LogP contribution in [-0.4, -0.2) is 25.4 Å². The molecule has 1 aromatic heterocycles. The highest BCUT2D eigenvalue weighted by molar-refractivity contribution is 9.10. The fourth-order valence-corrected chi connectivity index (χ4v) is 3.32. The lowest BCUT2D eigenvalue weighted by Crippen LogP contribution is -2.21. The Balaban J connectivity index is 1.57. The number of hydrogen-bond acceptors (Lipinski definition) is 5. The lowest BCUT2D eigenvalue weighted by atomic mass is 10.1. The number of amides is 1. The van der Waals surface area contributed by atoms with Crippen molar-refractivity contribution >= 4 is 44.3 Å². The largest absolute Gasteiger partial charge is 0.497 e. The summed E-state index contributed by atoms with van der Waals surface area (Å²) in [6.45, 7) is -0.224. The molecule has 4 rings (SSSR count). The third kappa shape index (κ3) is 4.62. The Morgan fingerprint density at radius 2 is 1.61 bits per heavy atom. The van der Waals surface area contributed by atoms with E-state index in [0.29, 0.717) is 33.7 Å². The standard InChI is InChI=1S/C24H18BrNO5/c1-29-17-10-12-18(13-11-17)30-14-21(27)26-22-19-4-2-3-5-20(19)31-24(22)23(28)15-6-8-16(25)9-7-15/h2-13H,14H2,1H3,(H,26,27). The Hall–Kier alpha value is -3.58. The molecular formula is C24H18BrNO5. The van der Waals surface area contributed by atoms with E-state index >= 15 is 0 Å². The van der Waals surface area contributed by atoms with Crippen LogP contribution in [0.15, 0.2) is 81.7 Å². The zero-order valence-electron chi connectivity index (χ0n) is 16.6. The predicted octanol–water partition coefficient (Wildman–Crippen LogP) is 5.45. The number of fused-ring (bicyclic) bond motifs is 1. The minimum Gasteiger partial charge on any atom is -0.497 e. The summed E-state index contributed by atoms with van der Waals surface area (Å²) in [5.41, 5.74) is 1.29. The van der Waals surface area contributed by atoms with Crippen molar-refractivity contribution in [1.29, 1.82) is 0 Å². The number of nitrogens with one attached hydrogen (secondary N) is 1. The first kappa shape index (κ1) is 20.7. The van der Waals surface area contributed by atoms with Gasteiger partial charge < -0.3 is 19.2 Å². The van der Waals surface area contributed by atoms with Crippen LogP contribution in [0.2, 0.25) is 0 Å². The normalized spacial score (nSPS) is 10.6. The third-order valence-corrected chi connectivity index (χ3v) is 5.13. The SMILES string of the molecule is COc1ccc(OCC(=O)Nc2c(C(=O)c3ccc(Br)cc3)oc3ccccc23)cc1. The van der Waals surface area contributed by atoms with Gasteiger partial charge in [0.2, 0.25) is 5.78 Å². The van der Waals surface area contributed by atoms with Crippen molar-refractivity contribution in [2.24, 2.45) is 0 Å². The van der Waals surface area contributed by atoms with Gasteiger partial charge in [-0.15, -0.1) is 0 Å². The van der Waals surface area contributed by atoms with Crippen LogP contribution >= 0.6 is 15.9 Å². The number of benzene rings is 3. The van der Waals surface area contributed by atoms with Crippen molar-refractivity contribution < 1.29 is 23.5 Å². The Labute approximate surface area is 186 Å². The predicted molar refractivity (Wildman–Crippen MR) is 121 cm³/mol. The molecule has 0 saturated carbocycles. The molecule has 0 aliphatic rings. The molecule has 0 aliphatic carbocycles. The van der Waals surface area contributed by atoms with Gasteiger partial charge in [0.1, 0.15) is 17.1 Å². The molecule has 156 valence electrons. The zero-order valence-corrected chi connectivity index (χ0v) is 18.1. The van der Waals surface area contributed by atoms with E-state index in [9.17, 15) is 9.59 Å². The second kappa shape index (κ2) is 9.06. The maximum Gasteiger partial charge on any atom is 0.262 e. The second-order valence-electron chi connectivity index (χ2n) is 6.65. The van der Waals surface area contributed by atoms with Gasteiger partial charge in [0.15, 0.2) is 12.4 Å². The molecule has 3 aromatic carbocycles. The van der Waals surface area contributed by atoms with Crippen LogP contribution < -0.4 is 14.8 Å². The minimum absolute atomic E-state index is 0.0707. The maximum atomic E-state index is 13.1. The Kier molecular flexibility index (Phi) is 6.04. The van der Waals surface area contributed by atoms with Crippen LogP contribution in [0.3, 0.4) is 0 Å². The van der Waals surface area contributed by atoms with Gasteiger partial charge in [-0.3, -0.25) is 9.59 Å². The number of ketones is 1. The van der Waals surface area contributed by atoms with E-state index < -0.39 is 5.91 Å². The second-order valence-corrected chi connectivity index (χ2v) is 7.57. The summed E-state index contributed by atoms with van der Waals surface area (Å²) in [5.74, 6) is 0.556. The van der Waals surface area contributed by atoms with E-state index in [-0.39, 0.29) is 18.2 Å². The van der Waals surface area contributed by atoms with Gasteiger partial charge in [-0.05, 0) is 60.7 Å². The number of methoxy groups -OCH3 is 1. The fraction of sp³-hybridized carbons (Fsp3) is 0.0833. The number of anilines is 1. The molecule has 0 aliphatic heterocycles. The number of para-hydroxylation sites is 1. The molecule has 6 nitrogen and oxygen atoms in total. The number of furan rings is 1. The van der Waals surface area contributed by atoms with E-state index in [4.69, 9.17) is 13.9 Å². The Morgan fingerprint density at radius 3 is 2.32 bits per heavy atom. The van der Waals surface area contributed by atoms with Crippen molar-refractivity contribution in [3.05, 3.63) is 88.6 Å². The number of carbonyl (C=O) groups is 2. The van der Waals surface area contributed by atoms with Crippen molar-refractivity contribution in [2.45, 2.75) is 0 Å². The van der Waals surface area contributed by atoms with E-state index in [2.05, 4.69) is 21.2 Å². The van der Waals surface area contributed by atoms with Gasteiger partial charge >= 0.3 is 0 Å². The van der Waals surface area contributed by atoms with Crippen molar-refractivity contribution in [1.82, 2.24) is 0 Å². The van der Waals surface area contributed by atoms with E-state index in [1.807, 2.05) is 6.07 Å². The number of hydrogen-bond donors (Lipinski definition) is 1. The topological polar surface area (TPSA) is 77.8 Å². The molecule has 0 radical (unpaired) electrons. The first-order valence-corrected chi connectivity index (χ1v) is 10.2. The Bertz CT molecular complexity index is 1230. The van der Waals surface area contributed by atoms with Crippen LogP contribution in [-0.2, 0) is 4.79 Å². The zero-order chi connectivity index (χ0) is 21.8. The molecule has 1 N–H and O–H groups in total. The molecule has 0 spiro atoms. The Morgan fingerprint density at radius 1 is 0.935 bits per heavy atom. The average Bonchev–Trinajstić information content (AvgIpc) is 3.16. The van der Waals surface area contributed by atoms with Crippen molar-refractivity contribution in [2.75, 3.05) is 19.0 Å². The van der Waals surface area contributed by atoms with Crippen LogP contribution in [0, 0.1) is 0 Å². The van der Waals surface area contributed by atoms with Crippen molar-refractivity contribution in [3.63, 3.8) is 0 Å². The average molecular weight is 480 g/mol. The van der Waals surface area contributed by atoms with Crippen LogP contribution in [0.1, 0.15) is 16.1 Å². The van der Waals surface area contributed by atoms with Gasteiger partial charge in [-0.2, -0.15) is 0 Å². The fourth-order valence-electron chi connectivity index (χ4n) is 3.06. The van der Waals surface area contributed by atoms with Gasteiger partial charge in [-0.1, -0.05) is 28.1 Å². The molecule has 1 heterocycles. The number of carbonyl (C=O) groups excluding carboxylic acids is 2. The molecule has 7 heteroatoms. The summed E-state index contributed by atoms with van der Waals surface area (Å²) in [4.78, 5) is 25.7. The van der Waals surface area contributed by atoms with E-state index in [0.717, 1.165) is 4.47 Å². The smallest absolute Gasteiger partial charge is 0.262 e. The molecular weight excluding hydrogens is 462 g/mol. The number of halogens is 1. The summed E-state index contributed by atoms with van der Waals surface area (Å²) in [5, 5.41) is 3.42. The molecule has 0 fully saturated rings. The molecule has 1 amide bonds. The highest BCUT2D eigenvalue weighted by atomic mass is 79.9. The lowest BCUT2D eigenvalue weighted by Gasteiger charge is -2.09. The van der Waals surface area contributed by atoms with Gasteiger partial charge in [-0.25, -0.2) is 0 Å². The summed E-state index contributed by atoms with van der Waals surface area (Å²) in [7, 11) is 1.58. The van der Waals surface area contributed by atoms with Crippen LogP contribution in [0.4, 0.5) is 5.69 Å². The summed E-state index contributed by atoms with van der Waals surface area (Å²) >= 11 is 3.36. The summed E-state index contributed by atoms with van der Waals surface area (Å²) < 4.78 is 17.3. The molecule has 0 unspecified atom stereocenters. The third-order valence-electron chi connectivity index (χ3n) is 4.60. The van der Waals surface area contributed by atoms with Gasteiger partial charge in [0.05, 0.1) is 12.8 Å². The molecule has 4 aromatic rings. The summed E-state index contributed by atoms with van der Waals surface area (Å²) in [6.07, 6.45) is 0. The summed E-state index contributed by atoms with van der Waals surface area (Å²) in [6, 6.07) is 21.0. The number of rotatable bonds is 7. The minimum atomic E-state index is -0.410. The van der Waals surface area contributed by atoms with Crippen LogP contribution in [0.25, 0.3) is 11.0 Å². The van der Waals surface area contributed by atoms with E-state index in [1.165, 1.54) is 0 Å². The quantitative estimate of drug-likeness (QED) is 0.356. The highest BCUT2D eigenvalue weighted by Gasteiger charge is 2.23. The van der Waals surface area contributed by atoms with Crippen molar-refractivity contribution in [3.8, 4) is 11.5 Å². The van der Waals surface area contributed by atoms with Gasteiger partial charge in [0, 0.05) is 15.4 Å². The number of ether oxygens (including phenoxy) is 2. The van der Waals surface area contributed by atoms with Crippen LogP contribution in [0.5, 0.6) is 11.5 Å².